The van der Waals surface area contributed by atoms with Crippen LogP contribution in [0.3, 0.4) is 0 Å². The first-order valence-corrected chi connectivity index (χ1v) is 7.14. The number of anilines is 1. The Morgan fingerprint density at radius 1 is 1.23 bits per heavy atom. The molecule has 1 aromatic carbocycles. The molecule has 7 heteroatoms. The predicted octanol–water partition coefficient (Wildman–Crippen LogP) is 0.550. The standard InChI is InChI=1S/C15H23N3O4/c1-3-6-18-15(20)11-4-5-13(12(16)9-11)22-10-14(19)17-7-8-21-2/h4-5,9H,3,6-8,10,16H2,1-2H3,(H,17,19)(H,18,20). The van der Waals surface area contributed by atoms with E-state index in [0.29, 0.717) is 36.7 Å². The molecule has 0 saturated heterocycles. The maximum Gasteiger partial charge on any atom is 0.258 e. The van der Waals surface area contributed by atoms with Crippen molar-refractivity contribution in [2.75, 3.05) is 39.1 Å². The lowest BCUT2D eigenvalue weighted by atomic mass is 10.1. The molecule has 0 heterocycles. The molecule has 0 aliphatic rings. The monoisotopic (exact) mass is 309 g/mol. The summed E-state index contributed by atoms with van der Waals surface area (Å²) in [6.07, 6.45) is 0.862. The maximum absolute atomic E-state index is 11.8. The molecule has 0 spiro atoms. The minimum absolute atomic E-state index is 0.144. The Bertz CT molecular complexity index is 506. The van der Waals surface area contributed by atoms with Gasteiger partial charge in [-0.1, -0.05) is 6.92 Å². The van der Waals surface area contributed by atoms with Gasteiger partial charge in [0.15, 0.2) is 6.61 Å². The minimum Gasteiger partial charge on any atom is -0.482 e. The van der Waals surface area contributed by atoms with Crippen LogP contribution in [0.2, 0.25) is 0 Å². The lowest BCUT2D eigenvalue weighted by Crippen LogP contribution is -2.31. The van der Waals surface area contributed by atoms with E-state index in [1.54, 1.807) is 19.2 Å². The van der Waals surface area contributed by atoms with Crippen molar-refractivity contribution in [3.05, 3.63) is 23.8 Å². The molecule has 0 aliphatic carbocycles. The first kappa shape index (κ1) is 17.8. The van der Waals surface area contributed by atoms with Crippen molar-refractivity contribution in [2.45, 2.75) is 13.3 Å². The van der Waals surface area contributed by atoms with Gasteiger partial charge in [-0.15, -0.1) is 0 Å². The van der Waals surface area contributed by atoms with Gasteiger partial charge in [-0.3, -0.25) is 9.59 Å². The van der Waals surface area contributed by atoms with Gasteiger partial charge in [0.05, 0.1) is 12.3 Å². The number of carbonyl (C=O) groups is 2. The van der Waals surface area contributed by atoms with Gasteiger partial charge in [-0.05, 0) is 24.6 Å². The molecule has 7 nitrogen and oxygen atoms in total. The summed E-state index contributed by atoms with van der Waals surface area (Å²) in [7, 11) is 1.56. The molecule has 0 aromatic heterocycles. The molecule has 0 saturated carbocycles. The van der Waals surface area contributed by atoms with Gasteiger partial charge in [0.1, 0.15) is 5.75 Å². The zero-order valence-electron chi connectivity index (χ0n) is 13.0. The van der Waals surface area contributed by atoms with Crippen LogP contribution in [-0.2, 0) is 9.53 Å². The van der Waals surface area contributed by atoms with Crippen molar-refractivity contribution in [1.29, 1.82) is 0 Å². The molecule has 1 aromatic rings. The van der Waals surface area contributed by atoms with Crippen molar-refractivity contribution in [2.24, 2.45) is 0 Å². The maximum atomic E-state index is 11.8. The van der Waals surface area contributed by atoms with Gasteiger partial charge in [0.25, 0.3) is 11.8 Å². The first-order valence-electron chi connectivity index (χ1n) is 7.14. The number of benzene rings is 1. The largest absolute Gasteiger partial charge is 0.482 e. The molecule has 0 aliphatic heterocycles. The highest BCUT2D eigenvalue weighted by Crippen LogP contribution is 2.22. The summed E-state index contributed by atoms with van der Waals surface area (Å²) in [5.41, 5.74) is 6.61. The van der Waals surface area contributed by atoms with Crippen LogP contribution >= 0.6 is 0 Å². The molecule has 0 radical (unpaired) electrons. The highest BCUT2D eigenvalue weighted by Gasteiger charge is 2.09. The van der Waals surface area contributed by atoms with E-state index in [9.17, 15) is 9.59 Å². The summed E-state index contributed by atoms with van der Waals surface area (Å²) >= 11 is 0. The third-order valence-corrected chi connectivity index (χ3v) is 2.79. The summed E-state index contributed by atoms with van der Waals surface area (Å²) in [5, 5.41) is 5.40. The number of nitrogens with one attached hydrogen (secondary N) is 2. The first-order chi connectivity index (χ1) is 10.6. The number of carbonyl (C=O) groups excluding carboxylic acids is 2. The Labute approximate surface area is 130 Å². The second-order valence-electron chi connectivity index (χ2n) is 4.64. The zero-order valence-corrected chi connectivity index (χ0v) is 13.0. The minimum atomic E-state index is -0.263. The van der Waals surface area contributed by atoms with E-state index in [4.69, 9.17) is 15.2 Å². The molecule has 122 valence electrons. The summed E-state index contributed by atoms with van der Waals surface area (Å²) < 4.78 is 10.2. The second kappa shape index (κ2) is 9.62. The number of ether oxygens (including phenoxy) is 2. The number of rotatable bonds is 9. The summed E-state index contributed by atoms with van der Waals surface area (Å²) in [6, 6.07) is 4.72. The van der Waals surface area contributed by atoms with E-state index in [2.05, 4.69) is 10.6 Å². The van der Waals surface area contributed by atoms with Crippen molar-refractivity contribution in [3.8, 4) is 5.75 Å². The highest BCUT2D eigenvalue weighted by molar-refractivity contribution is 5.95. The summed E-state index contributed by atoms with van der Waals surface area (Å²) in [4.78, 5) is 23.3. The number of amides is 2. The van der Waals surface area contributed by atoms with Gasteiger partial charge in [-0.2, -0.15) is 0 Å². The van der Waals surface area contributed by atoms with Gasteiger partial charge in [0.2, 0.25) is 0 Å². The number of hydrogen-bond donors (Lipinski definition) is 3. The lowest BCUT2D eigenvalue weighted by molar-refractivity contribution is -0.123. The van der Waals surface area contributed by atoms with Crippen LogP contribution in [0.4, 0.5) is 5.69 Å². The van der Waals surface area contributed by atoms with Crippen LogP contribution in [-0.4, -0.2) is 45.2 Å². The average molecular weight is 309 g/mol. The quantitative estimate of drug-likeness (QED) is 0.456. The van der Waals surface area contributed by atoms with E-state index >= 15 is 0 Å². The van der Waals surface area contributed by atoms with Crippen molar-refractivity contribution >= 4 is 17.5 Å². The fourth-order valence-corrected chi connectivity index (χ4v) is 1.65. The van der Waals surface area contributed by atoms with Crippen LogP contribution in [0.5, 0.6) is 5.75 Å². The van der Waals surface area contributed by atoms with E-state index in [0.717, 1.165) is 6.42 Å². The summed E-state index contributed by atoms with van der Waals surface area (Å²) in [6.45, 7) is 3.30. The molecule has 2 amide bonds. The van der Waals surface area contributed by atoms with Crippen LogP contribution in [0.25, 0.3) is 0 Å². The number of nitrogens with two attached hydrogens (primary N) is 1. The Kier molecular flexibility index (Phi) is 7.77. The normalized spacial score (nSPS) is 10.1. The predicted molar refractivity (Wildman–Crippen MR) is 83.9 cm³/mol. The molecule has 4 N–H and O–H groups in total. The number of nitrogen functional groups attached to an aromatic ring is 1. The second-order valence-corrected chi connectivity index (χ2v) is 4.64. The third kappa shape index (κ3) is 6.01. The van der Waals surface area contributed by atoms with Crippen LogP contribution in [0, 0.1) is 0 Å². The topological polar surface area (TPSA) is 103 Å². The molecular weight excluding hydrogens is 286 g/mol. The fourth-order valence-electron chi connectivity index (χ4n) is 1.65. The Morgan fingerprint density at radius 3 is 2.64 bits per heavy atom. The molecule has 0 fully saturated rings. The molecule has 1 rings (SSSR count). The Hall–Kier alpha value is -2.28. The number of methoxy groups -OCH3 is 1. The van der Waals surface area contributed by atoms with E-state index in [1.165, 1.54) is 6.07 Å². The molecule has 22 heavy (non-hydrogen) atoms. The fraction of sp³-hybridized carbons (Fsp3) is 0.467. The molecular formula is C15H23N3O4. The van der Waals surface area contributed by atoms with Gasteiger partial charge >= 0.3 is 0 Å². The number of hydrogen-bond acceptors (Lipinski definition) is 5. The van der Waals surface area contributed by atoms with Gasteiger partial charge in [-0.25, -0.2) is 0 Å². The van der Waals surface area contributed by atoms with Crippen LogP contribution in [0.1, 0.15) is 23.7 Å². The smallest absolute Gasteiger partial charge is 0.258 e. The van der Waals surface area contributed by atoms with E-state index in [1.807, 2.05) is 6.92 Å². The van der Waals surface area contributed by atoms with Crippen molar-refractivity contribution in [3.63, 3.8) is 0 Å². The van der Waals surface area contributed by atoms with E-state index < -0.39 is 0 Å². The van der Waals surface area contributed by atoms with Crippen molar-refractivity contribution < 1.29 is 19.1 Å². The highest BCUT2D eigenvalue weighted by atomic mass is 16.5. The van der Waals surface area contributed by atoms with Gasteiger partial charge < -0.3 is 25.8 Å². The SMILES string of the molecule is CCCNC(=O)c1ccc(OCC(=O)NCCOC)c(N)c1. The Morgan fingerprint density at radius 2 is 2.00 bits per heavy atom. The van der Waals surface area contributed by atoms with Crippen molar-refractivity contribution in [1.82, 2.24) is 10.6 Å². The van der Waals surface area contributed by atoms with E-state index in [-0.39, 0.29) is 18.4 Å². The molecule has 0 bridgehead atoms. The molecule has 0 unspecified atom stereocenters. The Balaban J connectivity index is 2.51. The average Bonchev–Trinajstić information content (AvgIpc) is 2.51. The van der Waals surface area contributed by atoms with Crippen LogP contribution < -0.4 is 21.1 Å². The summed E-state index contributed by atoms with van der Waals surface area (Å²) in [5.74, 6) is -0.0763. The zero-order chi connectivity index (χ0) is 16.4. The van der Waals surface area contributed by atoms with Crippen LogP contribution in [0.15, 0.2) is 18.2 Å². The third-order valence-electron chi connectivity index (χ3n) is 2.79. The van der Waals surface area contributed by atoms with Gasteiger partial charge in [0, 0.05) is 25.8 Å². The lowest BCUT2D eigenvalue weighted by Gasteiger charge is -2.11. The molecule has 0 atom stereocenters.